The number of pyridine rings is 1. The summed E-state index contributed by atoms with van der Waals surface area (Å²) in [7, 11) is 0. The number of aromatic nitrogens is 3. The number of nitrogens with zero attached hydrogens (tertiary/aromatic N) is 2. The van der Waals surface area contributed by atoms with Crippen molar-refractivity contribution in [1.82, 2.24) is 14.8 Å². The second-order valence-corrected chi connectivity index (χ2v) is 4.53. The van der Waals surface area contributed by atoms with Crippen LogP contribution in [0.3, 0.4) is 0 Å². The zero-order chi connectivity index (χ0) is 12.0. The van der Waals surface area contributed by atoms with Crippen LogP contribution in [0.15, 0.2) is 17.1 Å². The summed E-state index contributed by atoms with van der Waals surface area (Å²) in [4.78, 5) is 14.5. The number of hydrogen-bond donors (Lipinski definition) is 1. The van der Waals surface area contributed by atoms with Gasteiger partial charge >= 0.3 is 0 Å². The second kappa shape index (κ2) is 3.70. The van der Waals surface area contributed by atoms with E-state index in [0.29, 0.717) is 5.39 Å². The fourth-order valence-corrected chi connectivity index (χ4v) is 2.57. The topological polar surface area (TPSA) is 59.9 Å². The lowest BCUT2D eigenvalue weighted by Gasteiger charge is -2.15. The van der Waals surface area contributed by atoms with Crippen molar-refractivity contribution in [2.24, 2.45) is 0 Å². The van der Waals surface area contributed by atoms with Crippen molar-refractivity contribution in [3.63, 3.8) is 0 Å². The molecule has 0 bridgehead atoms. The summed E-state index contributed by atoms with van der Waals surface area (Å²) in [6.45, 7) is 4.68. The van der Waals surface area contributed by atoms with Crippen molar-refractivity contribution < 1.29 is 4.74 Å². The van der Waals surface area contributed by atoms with Crippen LogP contribution in [0.4, 0.5) is 0 Å². The van der Waals surface area contributed by atoms with Crippen molar-refractivity contribution in [1.29, 1.82) is 0 Å². The number of H-pyrrole nitrogens is 1. The molecule has 0 aliphatic carbocycles. The van der Waals surface area contributed by atoms with Crippen LogP contribution in [-0.4, -0.2) is 27.5 Å². The van der Waals surface area contributed by atoms with Crippen molar-refractivity contribution in [2.45, 2.75) is 32.4 Å². The van der Waals surface area contributed by atoms with Crippen LogP contribution in [0.25, 0.3) is 10.9 Å². The van der Waals surface area contributed by atoms with Crippen molar-refractivity contribution >= 4 is 10.9 Å². The van der Waals surface area contributed by atoms with Gasteiger partial charge in [-0.3, -0.25) is 9.48 Å². The lowest BCUT2D eigenvalue weighted by atomic mass is 10.1. The van der Waals surface area contributed by atoms with Crippen LogP contribution in [0.2, 0.25) is 0 Å². The highest BCUT2D eigenvalue weighted by molar-refractivity contribution is 5.80. The number of fused-ring (bicyclic) bond motifs is 1. The van der Waals surface area contributed by atoms with Crippen molar-refractivity contribution in [3.05, 3.63) is 28.3 Å². The molecule has 0 aromatic carbocycles. The van der Waals surface area contributed by atoms with E-state index in [0.717, 1.165) is 24.2 Å². The molecule has 3 heterocycles. The molecule has 1 saturated heterocycles. The van der Waals surface area contributed by atoms with Crippen LogP contribution in [0.1, 0.15) is 25.1 Å². The van der Waals surface area contributed by atoms with E-state index in [2.05, 4.69) is 10.1 Å². The van der Waals surface area contributed by atoms with Crippen LogP contribution < -0.4 is 5.56 Å². The summed E-state index contributed by atoms with van der Waals surface area (Å²) in [6, 6.07) is 2.13. The predicted molar refractivity (Wildman–Crippen MR) is 64.2 cm³/mol. The van der Waals surface area contributed by atoms with Gasteiger partial charge < -0.3 is 9.72 Å². The molecule has 0 saturated carbocycles. The molecule has 1 N–H and O–H groups in total. The van der Waals surface area contributed by atoms with Gasteiger partial charge in [0.15, 0.2) is 0 Å². The highest BCUT2D eigenvalue weighted by atomic mass is 16.5. The SMILES string of the molecule is Cc1nn([C@@H]2CCO[C@H]2C)c2cc[nH]c(=O)c12. The van der Waals surface area contributed by atoms with Crippen LogP contribution in [-0.2, 0) is 4.74 Å². The molecule has 90 valence electrons. The number of aryl methyl sites for hydroxylation is 1. The molecule has 3 rings (SSSR count). The quantitative estimate of drug-likeness (QED) is 0.809. The monoisotopic (exact) mass is 233 g/mol. The largest absolute Gasteiger partial charge is 0.376 e. The molecule has 2 aromatic heterocycles. The molecule has 1 aliphatic rings. The molecule has 2 aromatic rings. The fourth-order valence-electron chi connectivity index (χ4n) is 2.57. The first-order valence-electron chi connectivity index (χ1n) is 5.86. The van der Waals surface area contributed by atoms with E-state index in [1.807, 2.05) is 24.6 Å². The maximum absolute atomic E-state index is 11.8. The maximum atomic E-state index is 11.8. The minimum Gasteiger partial charge on any atom is -0.376 e. The van der Waals surface area contributed by atoms with E-state index in [1.165, 1.54) is 0 Å². The van der Waals surface area contributed by atoms with Crippen molar-refractivity contribution in [2.75, 3.05) is 6.61 Å². The first-order valence-corrected chi connectivity index (χ1v) is 5.86. The molecule has 5 heteroatoms. The standard InChI is InChI=1S/C12H15N3O2/c1-7-11-10(3-5-13-12(11)16)15(14-7)9-4-6-17-8(9)2/h3,5,8-9H,4,6H2,1-2H3,(H,13,16)/t8-,9+/m0/s1. The molecule has 0 amide bonds. The highest BCUT2D eigenvalue weighted by Gasteiger charge is 2.28. The third-order valence-electron chi connectivity index (χ3n) is 3.46. The molecular formula is C12H15N3O2. The number of aromatic amines is 1. The Morgan fingerprint density at radius 1 is 1.59 bits per heavy atom. The third-order valence-corrected chi connectivity index (χ3v) is 3.46. The van der Waals surface area contributed by atoms with E-state index in [1.54, 1.807) is 6.20 Å². The van der Waals surface area contributed by atoms with Gasteiger partial charge in [-0.15, -0.1) is 0 Å². The second-order valence-electron chi connectivity index (χ2n) is 4.53. The van der Waals surface area contributed by atoms with E-state index in [-0.39, 0.29) is 17.7 Å². The zero-order valence-electron chi connectivity index (χ0n) is 9.93. The van der Waals surface area contributed by atoms with Gasteiger partial charge in [0.25, 0.3) is 5.56 Å². The van der Waals surface area contributed by atoms with Gasteiger partial charge in [0, 0.05) is 12.8 Å². The first kappa shape index (κ1) is 10.5. The molecule has 1 fully saturated rings. The molecule has 0 unspecified atom stereocenters. The third kappa shape index (κ3) is 1.50. The van der Waals surface area contributed by atoms with Crippen LogP contribution in [0.5, 0.6) is 0 Å². The highest BCUT2D eigenvalue weighted by Crippen LogP contribution is 2.28. The van der Waals surface area contributed by atoms with Crippen LogP contribution >= 0.6 is 0 Å². The Morgan fingerprint density at radius 3 is 3.12 bits per heavy atom. The van der Waals surface area contributed by atoms with Crippen molar-refractivity contribution in [3.8, 4) is 0 Å². The zero-order valence-corrected chi connectivity index (χ0v) is 9.93. The predicted octanol–water partition coefficient (Wildman–Crippen LogP) is 1.38. The van der Waals surface area contributed by atoms with Gasteiger partial charge in [-0.05, 0) is 26.3 Å². The van der Waals surface area contributed by atoms with Crippen LogP contribution in [0, 0.1) is 6.92 Å². The fraction of sp³-hybridized carbons (Fsp3) is 0.500. The summed E-state index contributed by atoms with van der Waals surface area (Å²) >= 11 is 0. The Kier molecular flexibility index (Phi) is 2.29. The maximum Gasteiger partial charge on any atom is 0.259 e. The summed E-state index contributed by atoms with van der Waals surface area (Å²) in [5.41, 5.74) is 1.60. The number of rotatable bonds is 1. The molecular weight excluding hydrogens is 218 g/mol. The molecule has 0 radical (unpaired) electrons. The Hall–Kier alpha value is -1.62. The molecule has 0 spiro atoms. The summed E-state index contributed by atoms with van der Waals surface area (Å²) < 4.78 is 7.50. The average Bonchev–Trinajstić information content (AvgIpc) is 2.84. The minimum atomic E-state index is -0.0715. The summed E-state index contributed by atoms with van der Waals surface area (Å²) in [5, 5.41) is 5.19. The van der Waals surface area contributed by atoms with Gasteiger partial charge in [0.2, 0.25) is 0 Å². The number of ether oxygens (including phenoxy) is 1. The smallest absolute Gasteiger partial charge is 0.259 e. The Bertz CT molecular complexity index is 614. The number of nitrogens with one attached hydrogen (secondary N) is 1. The van der Waals surface area contributed by atoms with Gasteiger partial charge in [0.1, 0.15) is 0 Å². The lowest BCUT2D eigenvalue weighted by molar-refractivity contribution is 0.106. The van der Waals surface area contributed by atoms with E-state index in [4.69, 9.17) is 4.74 Å². The van der Waals surface area contributed by atoms with E-state index >= 15 is 0 Å². The normalized spacial score (nSPS) is 24.6. The van der Waals surface area contributed by atoms with E-state index in [9.17, 15) is 4.79 Å². The van der Waals surface area contributed by atoms with E-state index < -0.39 is 0 Å². The molecule has 5 nitrogen and oxygen atoms in total. The summed E-state index contributed by atoms with van der Waals surface area (Å²) in [5.74, 6) is 0. The van der Waals surface area contributed by atoms with Gasteiger partial charge in [0.05, 0.1) is 28.7 Å². The average molecular weight is 233 g/mol. The summed E-state index contributed by atoms with van der Waals surface area (Å²) in [6.07, 6.45) is 2.77. The first-order chi connectivity index (χ1) is 8.18. The Balaban J connectivity index is 2.24. The minimum absolute atomic E-state index is 0.0715. The lowest BCUT2D eigenvalue weighted by Crippen LogP contribution is -2.18. The molecule has 17 heavy (non-hydrogen) atoms. The Morgan fingerprint density at radius 2 is 2.41 bits per heavy atom. The molecule has 1 aliphatic heterocycles. The molecule has 2 atom stereocenters. The number of hydrogen-bond acceptors (Lipinski definition) is 3. The van der Waals surface area contributed by atoms with Gasteiger partial charge in [-0.25, -0.2) is 0 Å². The van der Waals surface area contributed by atoms with Gasteiger partial charge in [-0.2, -0.15) is 5.10 Å². The Labute approximate surface area is 98.4 Å². The van der Waals surface area contributed by atoms with Gasteiger partial charge in [-0.1, -0.05) is 0 Å².